The van der Waals surface area contributed by atoms with Gasteiger partial charge in [0.25, 0.3) is 0 Å². The summed E-state index contributed by atoms with van der Waals surface area (Å²) in [6.07, 6.45) is 0. The second-order valence-electron chi connectivity index (χ2n) is 6.81. The molecule has 1 aliphatic rings. The second kappa shape index (κ2) is 7.65. The lowest BCUT2D eigenvalue weighted by molar-refractivity contribution is 0.570. The molecule has 0 bridgehead atoms. The zero-order valence-corrected chi connectivity index (χ0v) is 16.0. The predicted molar refractivity (Wildman–Crippen MR) is 107 cm³/mol. The lowest BCUT2D eigenvalue weighted by Crippen LogP contribution is -2.43. The molecule has 0 aliphatic carbocycles. The van der Waals surface area contributed by atoms with E-state index in [4.69, 9.17) is 5.73 Å². The Hall–Kier alpha value is -2.09. The summed E-state index contributed by atoms with van der Waals surface area (Å²) in [5.74, 6) is 0. The SMILES string of the molecule is CC(C)NS(=O)(=O)c1ccc(-c2ccc(N3CCNCC3)c(N)c2)cc1. The topological polar surface area (TPSA) is 87.5 Å². The molecular weight excluding hydrogens is 348 g/mol. The highest BCUT2D eigenvalue weighted by molar-refractivity contribution is 7.89. The van der Waals surface area contributed by atoms with Gasteiger partial charge in [-0.25, -0.2) is 13.1 Å². The maximum absolute atomic E-state index is 12.2. The van der Waals surface area contributed by atoms with E-state index < -0.39 is 10.0 Å². The van der Waals surface area contributed by atoms with Crippen LogP contribution in [-0.2, 0) is 10.0 Å². The number of hydrogen-bond donors (Lipinski definition) is 3. The lowest BCUT2D eigenvalue weighted by atomic mass is 10.0. The average Bonchev–Trinajstić information content (AvgIpc) is 2.61. The van der Waals surface area contributed by atoms with Gasteiger partial charge in [-0.15, -0.1) is 0 Å². The van der Waals surface area contributed by atoms with E-state index in [1.165, 1.54) is 0 Å². The number of anilines is 2. The van der Waals surface area contributed by atoms with Gasteiger partial charge >= 0.3 is 0 Å². The third kappa shape index (κ3) is 4.17. The number of nitrogens with one attached hydrogen (secondary N) is 2. The predicted octanol–water partition coefficient (Wildman–Crippen LogP) is 2.03. The summed E-state index contributed by atoms with van der Waals surface area (Å²) in [5, 5.41) is 3.33. The van der Waals surface area contributed by atoms with E-state index in [9.17, 15) is 8.42 Å². The van der Waals surface area contributed by atoms with Gasteiger partial charge in [-0.3, -0.25) is 0 Å². The van der Waals surface area contributed by atoms with Crippen LogP contribution in [0, 0.1) is 0 Å². The number of nitrogen functional groups attached to an aromatic ring is 1. The first-order valence-corrected chi connectivity index (χ1v) is 10.3. The molecule has 0 spiro atoms. The summed E-state index contributed by atoms with van der Waals surface area (Å²) in [4.78, 5) is 2.54. The molecule has 0 amide bonds. The summed E-state index contributed by atoms with van der Waals surface area (Å²) in [7, 11) is -3.48. The molecule has 0 aromatic heterocycles. The Morgan fingerprint density at radius 3 is 2.23 bits per heavy atom. The van der Waals surface area contributed by atoms with Crippen molar-refractivity contribution in [1.29, 1.82) is 0 Å². The third-order valence-corrected chi connectivity index (χ3v) is 6.05. The molecule has 140 valence electrons. The van der Waals surface area contributed by atoms with Crippen molar-refractivity contribution >= 4 is 21.4 Å². The second-order valence-corrected chi connectivity index (χ2v) is 8.52. The molecule has 0 unspecified atom stereocenters. The van der Waals surface area contributed by atoms with Crippen LogP contribution in [0.1, 0.15) is 13.8 Å². The van der Waals surface area contributed by atoms with Crippen LogP contribution in [0.5, 0.6) is 0 Å². The summed E-state index contributed by atoms with van der Waals surface area (Å²) in [6.45, 7) is 7.41. The minimum Gasteiger partial charge on any atom is -0.397 e. The largest absolute Gasteiger partial charge is 0.397 e. The first-order chi connectivity index (χ1) is 12.4. The summed E-state index contributed by atoms with van der Waals surface area (Å²) < 4.78 is 27.0. The molecule has 3 rings (SSSR count). The van der Waals surface area contributed by atoms with E-state index in [1.54, 1.807) is 26.0 Å². The summed E-state index contributed by atoms with van der Waals surface area (Å²) >= 11 is 0. The highest BCUT2D eigenvalue weighted by Gasteiger charge is 2.16. The minimum absolute atomic E-state index is 0.142. The summed E-state index contributed by atoms with van der Waals surface area (Å²) in [5.41, 5.74) is 9.98. The quantitative estimate of drug-likeness (QED) is 0.697. The molecule has 1 heterocycles. The van der Waals surface area contributed by atoms with E-state index in [0.29, 0.717) is 0 Å². The third-order valence-electron chi connectivity index (χ3n) is 4.37. The number of hydrogen-bond acceptors (Lipinski definition) is 5. The standard InChI is InChI=1S/C19H26N4O2S/c1-14(2)22-26(24,25)17-6-3-15(4-7-17)16-5-8-19(18(20)13-16)23-11-9-21-10-12-23/h3-8,13-14,21-22H,9-12,20H2,1-2H3. The molecule has 26 heavy (non-hydrogen) atoms. The van der Waals surface area contributed by atoms with Crippen molar-refractivity contribution < 1.29 is 8.42 Å². The van der Waals surface area contributed by atoms with Crippen molar-refractivity contribution in [3.63, 3.8) is 0 Å². The monoisotopic (exact) mass is 374 g/mol. The van der Waals surface area contributed by atoms with Gasteiger partial charge in [-0.05, 0) is 49.2 Å². The van der Waals surface area contributed by atoms with E-state index in [2.05, 4.69) is 14.9 Å². The maximum Gasteiger partial charge on any atom is 0.240 e. The first-order valence-electron chi connectivity index (χ1n) is 8.85. The number of nitrogens with two attached hydrogens (primary N) is 1. The van der Waals surface area contributed by atoms with Crippen molar-refractivity contribution in [1.82, 2.24) is 10.0 Å². The molecule has 1 fully saturated rings. The van der Waals surface area contributed by atoms with Gasteiger partial charge in [-0.2, -0.15) is 0 Å². The number of piperazine rings is 1. The molecule has 0 saturated carbocycles. The van der Waals surface area contributed by atoms with Gasteiger partial charge in [0.1, 0.15) is 0 Å². The number of nitrogens with zero attached hydrogens (tertiary/aromatic N) is 1. The van der Waals surface area contributed by atoms with Crippen LogP contribution in [0.3, 0.4) is 0 Å². The lowest BCUT2D eigenvalue weighted by Gasteiger charge is -2.30. The smallest absolute Gasteiger partial charge is 0.240 e. The highest BCUT2D eigenvalue weighted by Crippen LogP contribution is 2.30. The molecule has 2 aromatic carbocycles. The number of sulfonamides is 1. The molecule has 1 saturated heterocycles. The Balaban J connectivity index is 1.82. The fourth-order valence-corrected chi connectivity index (χ4v) is 4.38. The van der Waals surface area contributed by atoms with Crippen molar-refractivity contribution in [2.45, 2.75) is 24.8 Å². The van der Waals surface area contributed by atoms with Gasteiger partial charge in [0.15, 0.2) is 0 Å². The fraction of sp³-hybridized carbons (Fsp3) is 0.368. The Morgan fingerprint density at radius 1 is 1.04 bits per heavy atom. The fourth-order valence-electron chi connectivity index (χ4n) is 3.13. The van der Waals surface area contributed by atoms with Gasteiger partial charge in [-0.1, -0.05) is 18.2 Å². The van der Waals surface area contributed by atoms with Gasteiger partial charge in [0, 0.05) is 32.2 Å². The van der Waals surface area contributed by atoms with Crippen molar-refractivity contribution in [3.05, 3.63) is 42.5 Å². The van der Waals surface area contributed by atoms with E-state index in [1.807, 2.05) is 30.3 Å². The molecule has 2 aromatic rings. The average molecular weight is 375 g/mol. The van der Waals surface area contributed by atoms with Crippen LogP contribution in [0.4, 0.5) is 11.4 Å². The molecule has 0 radical (unpaired) electrons. The van der Waals surface area contributed by atoms with Crippen LogP contribution in [0.25, 0.3) is 11.1 Å². The zero-order valence-electron chi connectivity index (χ0n) is 15.2. The van der Waals surface area contributed by atoms with E-state index >= 15 is 0 Å². The molecule has 6 nitrogen and oxygen atoms in total. The van der Waals surface area contributed by atoms with Crippen LogP contribution < -0.4 is 20.7 Å². The van der Waals surface area contributed by atoms with Crippen molar-refractivity contribution in [3.8, 4) is 11.1 Å². The number of rotatable bonds is 5. The van der Waals surface area contributed by atoms with Gasteiger partial charge < -0.3 is 16.0 Å². The molecule has 7 heteroatoms. The Bertz CT molecular complexity index is 858. The van der Waals surface area contributed by atoms with Crippen molar-refractivity contribution in [2.75, 3.05) is 36.8 Å². The van der Waals surface area contributed by atoms with Crippen LogP contribution in [-0.4, -0.2) is 40.6 Å². The Kier molecular flexibility index (Phi) is 5.50. The van der Waals surface area contributed by atoms with Gasteiger partial charge in [0.05, 0.1) is 16.3 Å². The summed E-state index contributed by atoms with van der Waals surface area (Å²) in [6, 6.07) is 12.8. The normalized spacial score (nSPS) is 15.4. The van der Waals surface area contributed by atoms with Gasteiger partial charge in [0.2, 0.25) is 10.0 Å². The van der Waals surface area contributed by atoms with Crippen molar-refractivity contribution in [2.24, 2.45) is 0 Å². The molecular formula is C19H26N4O2S. The van der Waals surface area contributed by atoms with Crippen LogP contribution in [0.15, 0.2) is 47.4 Å². The van der Waals surface area contributed by atoms with Crippen LogP contribution >= 0.6 is 0 Å². The van der Waals surface area contributed by atoms with Crippen LogP contribution in [0.2, 0.25) is 0 Å². The van der Waals surface area contributed by atoms with E-state index in [-0.39, 0.29) is 10.9 Å². The molecule has 4 N–H and O–H groups in total. The first kappa shape index (κ1) is 18.7. The molecule has 1 aliphatic heterocycles. The number of benzene rings is 2. The molecule has 0 atom stereocenters. The Labute approximate surface area is 155 Å². The highest BCUT2D eigenvalue weighted by atomic mass is 32.2. The zero-order chi connectivity index (χ0) is 18.7. The van der Waals surface area contributed by atoms with E-state index in [0.717, 1.165) is 48.7 Å². The Morgan fingerprint density at radius 2 is 1.65 bits per heavy atom. The minimum atomic E-state index is -3.48. The maximum atomic E-state index is 12.2.